The maximum atomic E-state index is 13.8. The molecule has 0 spiro atoms. The molecule has 1 aliphatic carbocycles. The normalized spacial score (nSPS) is 17.2. The lowest BCUT2D eigenvalue weighted by atomic mass is 9.80. The highest BCUT2D eigenvalue weighted by Gasteiger charge is 2.38. The zero-order valence-electron chi connectivity index (χ0n) is 11.6. The number of rotatable bonds is 6. The zero-order valence-corrected chi connectivity index (χ0v) is 13.2. The third-order valence-corrected chi connectivity index (χ3v) is 5.44. The number of ether oxygens (including phenoxy) is 1. The van der Waals surface area contributed by atoms with Crippen LogP contribution in [0.1, 0.15) is 24.8 Å². The molecular weight excluding hydrogens is 315 g/mol. The third kappa shape index (κ3) is 3.23. The van der Waals surface area contributed by atoms with Gasteiger partial charge in [-0.1, -0.05) is 18.3 Å². The predicted octanol–water partition coefficient (Wildman–Crippen LogP) is 1.31. The maximum absolute atomic E-state index is 13.8. The standard InChI is InChI=1S/C13H17FN2O3S2/c1-19-13(6-3-7-13)8-16-21(17,18)10-5-2-4-9(14)11(10)12(15)20/h2,4-5,16H,3,6-8H2,1H3,(H2,15,20). The second kappa shape index (κ2) is 5.96. The number of hydrogen-bond acceptors (Lipinski definition) is 4. The molecule has 2 rings (SSSR count). The summed E-state index contributed by atoms with van der Waals surface area (Å²) in [5.41, 5.74) is 4.70. The molecule has 0 saturated heterocycles. The van der Waals surface area contributed by atoms with Crippen molar-refractivity contribution in [1.29, 1.82) is 0 Å². The van der Waals surface area contributed by atoms with Crippen LogP contribution in [0, 0.1) is 5.82 Å². The smallest absolute Gasteiger partial charge is 0.241 e. The number of methoxy groups -OCH3 is 1. The van der Waals surface area contributed by atoms with Gasteiger partial charge in [-0.25, -0.2) is 17.5 Å². The Balaban J connectivity index is 2.28. The first kappa shape index (κ1) is 16.3. The summed E-state index contributed by atoms with van der Waals surface area (Å²) in [5.74, 6) is -0.754. The average Bonchev–Trinajstić information content (AvgIpc) is 2.37. The van der Waals surface area contributed by atoms with E-state index in [0.717, 1.165) is 25.3 Å². The molecule has 21 heavy (non-hydrogen) atoms. The van der Waals surface area contributed by atoms with E-state index in [0.29, 0.717) is 0 Å². The van der Waals surface area contributed by atoms with Crippen molar-refractivity contribution >= 4 is 27.2 Å². The molecule has 0 aromatic heterocycles. The van der Waals surface area contributed by atoms with Gasteiger partial charge in [-0.15, -0.1) is 0 Å². The average molecular weight is 332 g/mol. The van der Waals surface area contributed by atoms with Crippen LogP contribution in [0.5, 0.6) is 0 Å². The second-order valence-corrected chi connectivity index (χ2v) is 7.22. The Morgan fingerprint density at radius 3 is 2.67 bits per heavy atom. The van der Waals surface area contributed by atoms with Gasteiger partial charge in [0.25, 0.3) is 0 Å². The number of hydrogen-bond donors (Lipinski definition) is 2. The van der Waals surface area contributed by atoms with Crippen molar-refractivity contribution in [1.82, 2.24) is 4.72 Å². The van der Waals surface area contributed by atoms with E-state index in [2.05, 4.69) is 4.72 Å². The van der Waals surface area contributed by atoms with Crippen LogP contribution in [0.15, 0.2) is 23.1 Å². The highest BCUT2D eigenvalue weighted by Crippen LogP contribution is 2.34. The van der Waals surface area contributed by atoms with E-state index in [4.69, 9.17) is 22.7 Å². The number of nitrogens with one attached hydrogen (secondary N) is 1. The van der Waals surface area contributed by atoms with E-state index < -0.39 is 21.4 Å². The molecule has 3 N–H and O–H groups in total. The van der Waals surface area contributed by atoms with Crippen LogP contribution in [0.2, 0.25) is 0 Å². The van der Waals surface area contributed by atoms with E-state index in [1.807, 2.05) is 0 Å². The van der Waals surface area contributed by atoms with Crippen LogP contribution in [-0.4, -0.2) is 32.7 Å². The van der Waals surface area contributed by atoms with E-state index in [1.54, 1.807) is 7.11 Å². The lowest BCUT2D eigenvalue weighted by molar-refractivity contribution is -0.0659. The number of halogens is 1. The Morgan fingerprint density at radius 1 is 1.52 bits per heavy atom. The number of thiocarbonyl (C=S) groups is 1. The Morgan fingerprint density at radius 2 is 2.19 bits per heavy atom. The fourth-order valence-corrected chi connectivity index (χ4v) is 3.91. The molecule has 1 aromatic rings. The molecule has 0 radical (unpaired) electrons. The van der Waals surface area contributed by atoms with Crippen LogP contribution >= 0.6 is 12.2 Å². The summed E-state index contributed by atoms with van der Waals surface area (Å²) in [4.78, 5) is -0.542. The minimum atomic E-state index is -3.92. The van der Waals surface area contributed by atoms with Crippen LogP contribution in [-0.2, 0) is 14.8 Å². The summed E-state index contributed by atoms with van der Waals surface area (Å²) in [7, 11) is -2.36. The highest BCUT2D eigenvalue weighted by molar-refractivity contribution is 7.89. The van der Waals surface area contributed by atoms with E-state index in [-0.39, 0.29) is 22.0 Å². The lowest BCUT2D eigenvalue weighted by Gasteiger charge is -2.40. The molecule has 8 heteroatoms. The van der Waals surface area contributed by atoms with Crippen molar-refractivity contribution < 1.29 is 17.5 Å². The minimum absolute atomic E-state index is 0.138. The molecule has 1 aliphatic rings. The molecule has 0 heterocycles. The predicted molar refractivity (Wildman–Crippen MR) is 81.1 cm³/mol. The number of sulfonamides is 1. The van der Waals surface area contributed by atoms with Crippen LogP contribution < -0.4 is 10.5 Å². The summed E-state index contributed by atoms with van der Waals surface area (Å²) in [6, 6.07) is 3.71. The monoisotopic (exact) mass is 332 g/mol. The summed E-state index contributed by atoms with van der Waals surface area (Å²) in [6.07, 6.45) is 2.57. The third-order valence-electron chi connectivity index (χ3n) is 3.79. The molecule has 0 aliphatic heterocycles. The van der Waals surface area contributed by atoms with Gasteiger partial charge in [0, 0.05) is 13.7 Å². The van der Waals surface area contributed by atoms with Crippen molar-refractivity contribution in [2.75, 3.05) is 13.7 Å². The molecule has 0 unspecified atom stereocenters. The second-order valence-electron chi connectivity index (χ2n) is 5.04. The zero-order chi connectivity index (χ0) is 15.7. The van der Waals surface area contributed by atoms with E-state index in [9.17, 15) is 12.8 Å². The molecular formula is C13H17FN2O3S2. The SMILES string of the molecule is COC1(CNS(=O)(=O)c2cccc(F)c2C(N)=S)CCC1. The van der Waals surface area contributed by atoms with Gasteiger partial charge in [0.1, 0.15) is 10.8 Å². The van der Waals surface area contributed by atoms with Gasteiger partial charge in [0.15, 0.2) is 0 Å². The lowest BCUT2D eigenvalue weighted by Crippen LogP contribution is -2.49. The largest absolute Gasteiger partial charge is 0.389 e. The molecule has 0 atom stereocenters. The van der Waals surface area contributed by atoms with Gasteiger partial charge < -0.3 is 10.5 Å². The van der Waals surface area contributed by atoms with Crippen LogP contribution in [0.4, 0.5) is 4.39 Å². The topological polar surface area (TPSA) is 81.4 Å². The summed E-state index contributed by atoms with van der Waals surface area (Å²) >= 11 is 4.74. The molecule has 0 amide bonds. The highest BCUT2D eigenvalue weighted by atomic mass is 32.2. The van der Waals surface area contributed by atoms with Crippen molar-refractivity contribution in [3.8, 4) is 0 Å². The Kier molecular flexibility index (Phi) is 4.62. The van der Waals surface area contributed by atoms with Gasteiger partial charge in [-0.2, -0.15) is 0 Å². The van der Waals surface area contributed by atoms with Crippen molar-refractivity contribution in [3.63, 3.8) is 0 Å². The van der Waals surface area contributed by atoms with Gasteiger partial charge in [-0.3, -0.25) is 0 Å². The van der Waals surface area contributed by atoms with E-state index in [1.165, 1.54) is 12.1 Å². The summed E-state index contributed by atoms with van der Waals surface area (Å²) < 4.78 is 46.3. The van der Waals surface area contributed by atoms with Gasteiger partial charge in [0.05, 0.1) is 16.1 Å². The number of benzene rings is 1. The molecule has 5 nitrogen and oxygen atoms in total. The first-order valence-corrected chi connectivity index (χ1v) is 8.34. The first-order chi connectivity index (χ1) is 9.81. The van der Waals surface area contributed by atoms with Crippen molar-refractivity contribution in [2.45, 2.75) is 29.8 Å². The fourth-order valence-electron chi connectivity index (χ4n) is 2.30. The van der Waals surface area contributed by atoms with Gasteiger partial charge in [-0.05, 0) is 31.4 Å². The fraction of sp³-hybridized carbons (Fsp3) is 0.462. The molecule has 0 bridgehead atoms. The van der Waals surface area contributed by atoms with Gasteiger partial charge in [0.2, 0.25) is 10.0 Å². The summed E-state index contributed by atoms with van der Waals surface area (Å²) in [5, 5.41) is 0. The quantitative estimate of drug-likeness (QED) is 0.768. The first-order valence-electron chi connectivity index (χ1n) is 6.44. The molecule has 1 aromatic carbocycles. The van der Waals surface area contributed by atoms with Crippen LogP contribution in [0.3, 0.4) is 0 Å². The van der Waals surface area contributed by atoms with Crippen molar-refractivity contribution in [3.05, 3.63) is 29.6 Å². The van der Waals surface area contributed by atoms with Crippen LogP contribution in [0.25, 0.3) is 0 Å². The Hall–Kier alpha value is -1.09. The molecule has 1 fully saturated rings. The minimum Gasteiger partial charge on any atom is -0.389 e. The molecule has 116 valence electrons. The number of nitrogens with two attached hydrogens (primary N) is 1. The molecule has 1 saturated carbocycles. The maximum Gasteiger partial charge on any atom is 0.241 e. The Bertz CT molecular complexity index is 652. The van der Waals surface area contributed by atoms with Gasteiger partial charge >= 0.3 is 0 Å². The van der Waals surface area contributed by atoms with E-state index >= 15 is 0 Å². The summed E-state index contributed by atoms with van der Waals surface area (Å²) in [6.45, 7) is 0.138. The van der Waals surface area contributed by atoms with Crippen molar-refractivity contribution in [2.24, 2.45) is 5.73 Å². The Labute approximate surface area is 128 Å².